The molecule has 2 N–H and O–H groups in total. The predicted molar refractivity (Wildman–Crippen MR) is 57.0 cm³/mol. The second kappa shape index (κ2) is 3.39. The number of nitrogens with zero attached hydrogens (tertiary/aromatic N) is 2. The van der Waals surface area contributed by atoms with Gasteiger partial charge in [0.15, 0.2) is 0 Å². The average Bonchev–Trinajstić information content (AvgIpc) is 2.72. The maximum atomic E-state index is 6.06. The van der Waals surface area contributed by atoms with Crippen LogP contribution < -0.4 is 5.73 Å². The van der Waals surface area contributed by atoms with E-state index in [-0.39, 0.29) is 5.54 Å². The van der Waals surface area contributed by atoms with Gasteiger partial charge < -0.3 is 5.73 Å². The van der Waals surface area contributed by atoms with Gasteiger partial charge in [0.05, 0.1) is 0 Å². The zero-order valence-electron chi connectivity index (χ0n) is 9.03. The third kappa shape index (κ3) is 1.98. The fourth-order valence-corrected chi connectivity index (χ4v) is 1.93. The zero-order chi connectivity index (χ0) is 10.2. The van der Waals surface area contributed by atoms with Crippen LogP contribution in [0.25, 0.3) is 0 Å². The molecule has 0 bridgehead atoms. The van der Waals surface area contributed by atoms with Crippen molar-refractivity contribution in [1.82, 2.24) is 9.78 Å². The monoisotopic (exact) mass is 193 g/mol. The van der Waals surface area contributed by atoms with Gasteiger partial charge in [0.25, 0.3) is 0 Å². The van der Waals surface area contributed by atoms with E-state index in [2.05, 4.69) is 18.1 Å². The Kier molecular flexibility index (Phi) is 2.35. The van der Waals surface area contributed by atoms with E-state index in [1.165, 1.54) is 25.0 Å². The summed E-state index contributed by atoms with van der Waals surface area (Å²) in [5.74, 6) is 0.573. The topological polar surface area (TPSA) is 43.8 Å². The molecule has 1 unspecified atom stereocenters. The van der Waals surface area contributed by atoms with Crippen LogP contribution in [0.4, 0.5) is 0 Å². The van der Waals surface area contributed by atoms with E-state index in [9.17, 15) is 0 Å². The summed E-state index contributed by atoms with van der Waals surface area (Å²) in [4.78, 5) is 0. The van der Waals surface area contributed by atoms with Gasteiger partial charge in [0.2, 0.25) is 0 Å². The molecule has 14 heavy (non-hydrogen) atoms. The van der Waals surface area contributed by atoms with Crippen molar-refractivity contribution in [2.24, 2.45) is 12.8 Å². The number of rotatable bonds is 4. The molecule has 78 valence electrons. The molecular weight excluding hydrogens is 174 g/mol. The molecule has 3 nitrogen and oxygen atoms in total. The maximum Gasteiger partial charge on any atom is 0.0492 e. The van der Waals surface area contributed by atoms with Crippen molar-refractivity contribution < 1.29 is 0 Å². The molecule has 0 radical (unpaired) electrons. The van der Waals surface area contributed by atoms with Crippen molar-refractivity contribution in [3.8, 4) is 0 Å². The molecule has 1 saturated carbocycles. The quantitative estimate of drug-likeness (QED) is 0.792. The molecule has 1 atom stereocenters. The molecule has 0 aliphatic heterocycles. The Bertz CT molecular complexity index is 312. The Morgan fingerprint density at radius 3 is 2.86 bits per heavy atom. The van der Waals surface area contributed by atoms with Crippen molar-refractivity contribution in [2.75, 3.05) is 0 Å². The minimum Gasteiger partial charge on any atom is -0.325 e. The van der Waals surface area contributed by atoms with Gasteiger partial charge in [-0.15, -0.1) is 0 Å². The summed E-state index contributed by atoms with van der Waals surface area (Å²) in [7, 11) is 2.00. The molecule has 1 aromatic heterocycles. The molecule has 0 amide bonds. The number of hydrogen-bond acceptors (Lipinski definition) is 2. The van der Waals surface area contributed by atoms with Crippen LogP contribution >= 0.6 is 0 Å². The first-order valence-electron chi connectivity index (χ1n) is 5.37. The Labute approximate surface area is 85.3 Å². The lowest BCUT2D eigenvalue weighted by Gasteiger charge is -2.14. The van der Waals surface area contributed by atoms with Gasteiger partial charge in [0.1, 0.15) is 0 Å². The third-order valence-electron chi connectivity index (χ3n) is 3.33. The van der Waals surface area contributed by atoms with Crippen molar-refractivity contribution in [3.63, 3.8) is 0 Å². The Balaban J connectivity index is 1.89. The summed E-state index contributed by atoms with van der Waals surface area (Å²) in [5, 5.41) is 4.18. The van der Waals surface area contributed by atoms with Crippen LogP contribution in [-0.2, 0) is 7.05 Å². The summed E-state index contributed by atoms with van der Waals surface area (Å²) in [5.41, 5.74) is 7.57. The zero-order valence-corrected chi connectivity index (χ0v) is 9.03. The van der Waals surface area contributed by atoms with E-state index in [0.717, 1.165) is 6.42 Å². The van der Waals surface area contributed by atoms with Crippen molar-refractivity contribution in [3.05, 3.63) is 18.0 Å². The predicted octanol–water partition coefficient (Wildman–Crippen LogP) is 1.80. The van der Waals surface area contributed by atoms with E-state index >= 15 is 0 Å². The molecule has 0 saturated heterocycles. The molecule has 1 aromatic rings. The van der Waals surface area contributed by atoms with Crippen LogP contribution in [0, 0.1) is 0 Å². The number of aryl methyl sites for hydroxylation is 1. The smallest absolute Gasteiger partial charge is 0.0492 e. The second-order valence-electron chi connectivity index (χ2n) is 4.68. The second-order valence-corrected chi connectivity index (χ2v) is 4.68. The fraction of sp³-hybridized carbons (Fsp3) is 0.727. The van der Waals surface area contributed by atoms with E-state index < -0.39 is 0 Å². The highest BCUT2D eigenvalue weighted by Gasteiger charge is 2.37. The van der Waals surface area contributed by atoms with Gasteiger partial charge in [-0.3, -0.25) is 4.68 Å². The SMILES string of the molecule is CC(CCC1(N)CC1)c1ccnn1C. The Morgan fingerprint density at radius 1 is 1.64 bits per heavy atom. The largest absolute Gasteiger partial charge is 0.325 e. The van der Waals surface area contributed by atoms with Crippen molar-refractivity contribution in [2.45, 2.75) is 44.1 Å². The third-order valence-corrected chi connectivity index (χ3v) is 3.33. The van der Waals surface area contributed by atoms with Gasteiger partial charge in [-0.2, -0.15) is 5.10 Å². The molecule has 3 heteroatoms. The van der Waals surface area contributed by atoms with E-state index in [1.807, 2.05) is 17.9 Å². The minimum atomic E-state index is 0.187. The van der Waals surface area contributed by atoms with Gasteiger partial charge in [-0.25, -0.2) is 0 Å². The summed E-state index contributed by atoms with van der Waals surface area (Å²) < 4.78 is 1.96. The van der Waals surface area contributed by atoms with Crippen LogP contribution in [0.15, 0.2) is 12.3 Å². The molecule has 0 aromatic carbocycles. The molecule has 1 aliphatic carbocycles. The fourth-order valence-electron chi connectivity index (χ4n) is 1.93. The molecule has 1 heterocycles. The lowest BCUT2D eigenvalue weighted by atomic mass is 9.98. The molecule has 2 rings (SSSR count). The summed E-state index contributed by atoms with van der Waals surface area (Å²) in [6, 6.07) is 2.10. The summed E-state index contributed by atoms with van der Waals surface area (Å²) in [6.45, 7) is 2.25. The Morgan fingerprint density at radius 2 is 2.36 bits per heavy atom. The highest BCUT2D eigenvalue weighted by molar-refractivity contribution is 5.07. The lowest BCUT2D eigenvalue weighted by Crippen LogP contribution is -2.22. The number of aromatic nitrogens is 2. The van der Waals surface area contributed by atoms with Crippen LogP contribution in [0.3, 0.4) is 0 Å². The van der Waals surface area contributed by atoms with Crippen LogP contribution in [0.1, 0.15) is 44.2 Å². The summed E-state index contributed by atoms with van der Waals surface area (Å²) >= 11 is 0. The normalized spacial score (nSPS) is 20.8. The standard InChI is InChI=1S/C11H19N3/c1-9(3-5-11(12)6-7-11)10-4-8-13-14(10)2/h4,8-9H,3,5-7,12H2,1-2H3. The first kappa shape index (κ1) is 9.71. The van der Waals surface area contributed by atoms with Gasteiger partial charge >= 0.3 is 0 Å². The maximum absolute atomic E-state index is 6.06. The Hall–Kier alpha value is -0.830. The van der Waals surface area contributed by atoms with Crippen molar-refractivity contribution in [1.29, 1.82) is 0 Å². The highest BCUT2D eigenvalue weighted by Crippen LogP contribution is 2.38. The first-order valence-corrected chi connectivity index (χ1v) is 5.37. The van der Waals surface area contributed by atoms with Crippen LogP contribution in [0.2, 0.25) is 0 Å². The first-order chi connectivity index (χ1) is 6.61. The van der Waals surface area contributed by atoms with E-state index in [1.54, 1.807) is 0 Å². The lowest BCUT2D eigenvalue weighted by molar-refractivity contribution is 0.512. The van der Waals surface area contributed by atoms with Gasteiger partial charge in [0, 0.05) is 24.5 Å². The van der Waals surface area contributed by atoms with Gasteiger partial charge in [-0.05, 0) is 37.7 Å². The molecule has 1 fully saturated rings. The van der Waals surface area contributed by atoms with E-state index in [4.69, 9.17) is 5.73 Å². The van der Waals surface area contributed by atoms with Crippen LogP contribution in [-0.4, -0.2) is 15.3 Å². The average molecular weight is 193 g/mol. The highest BCUT2D eigenvalue weighted by atomic mass is 15.3. The van der Waals surface area contributed by atoms with Crippen LogP contribution in [0.5, 0.6) is 0 Å². The molecule has 1 aliphatic rings. The van der Waals surface area contributed by atoms with E-state index in [0.29, 0.717) is 5.92 Å². The minimum absolute atomic E-state index is 0.187. The summed E-state index contributed by atoms with van der Waals surface area (Å²) in [6.07, 6.45) is 6.62. The van der Waals surface area contributed by atoms with Crippen molar-refractivity contribution >= 4 is 0 Å². The van der Waals surface area contributed by atoms with Gasteiger partial charge in [-0.1, -0.05) is 6.92 Å². The number of nitrogens with two attached hydrogens (primary N) is 1. The molecular formula is C11H19N3. The molecule has 0 spiro atoms. The number of hydrogen-bond donors (Lipinski definition) is 1.